The van der Waals surface area contributed by atoms with Gasteiger partial charge in [0.1, 0.15) is 0 Å². The van der Waals surface area contributed by atoms with E-state index in [1.807, 2.05) is 30.3 Å². The minimum absolute atomic E-state index is 0.111. The number of rotatable bonds is 7. The van der Waals surface area contributed by atoms with Crippen molar-refractivity contribution in [1.29, 1.82) is 0 Å². The Morgan fingerprint density at radius 3 is 2.29 bits per heavy atom. The summed E-state index contributed by atoms with van der Waals surface area (Å²) in [6, 6.07) is 17.0. The highest BCUT2D eigenvalue weighted by atomic mass is 16.2. The summed E-state index contributed by atoms with van der Waals surface area (Å²) >= 11 is 0. The second kappa shape index (κ2) is 10.0. The smallest absolute Gasteiger partial charge is 0.251 e. The highest BCUT2D eigenvalue weighted by Gasteiger charge is 2.13. The van der Waals surface area contributed by atoms with Crippen LogP contribution in [0.4, 0.5) is 5.69 Å². The summed E-state index contributed by atoms with van der Waals surface area (Å²) in [5.41, 5.74) is 2.62. The monoisotopic (exact) mass is 380 g/mol. The third kappa shape index (κ3) is 6.18. The second-order valence-electron chi connectivity index (χ2n) is 7.20. The van der Waals surface area contributed by atoms with Crippen LogP contribution in [0.25, 0.3) is 0 Å². The van der Waals surface area contributed by atoms with Gasteiger partial charge in [0.2, 0.25) is 5.91 Å². The molecule has 0 saturated carbocycles. The first-order valence-corrected chi connectivity index (χ1v) is 9.73. The third-order valence-electron chi connectivity index (χ3n) is 4.91. The van der Waals surface area contributed by atoms with E-state index in [1.165, 1.54) is 5.56 Å². The van der Waals surface area contributed by atoms with Gasteiger partial charge < -0.3 is 15.5 Å². The van der Waals surface area contributed by atoms with E-state index in [1.54, 1.807) is 12.1 Å². The Kier molecular flexibility index (Phi) is 7.17. The number of benzene rings is 2. The minimum atomic E-state index is -0.165. The number of piperazine rings is 1. The molecular weight excluding hydrogens is 352 g/mol. The quantitative estimate of drug-likeness (QED) is 0.773. The fourth-order valence-corrected chi connectivity index (χ4v) is 3.16. The van der Waals surface area contributed by atoms with Crippen LogP contribution in [0, 0.1) is 0 Å². The number of amides is 2. The molecule has 6 nitrogen and oxygen atoms in total. The van der Waals surface area contributed by atoms with E-state index in [0.717, 1.165) is 38.4 Å². The van der Waals surface area contributed by atoms with Crippen LogP contribution >= 0.6 is 0 Å². The number of hydrogen-bond acceptors (Lipinski definition) is 4. The van der Waals surface area contributed by atoms with Gasteiger partial charge in [-0.25, -0.2) is 0 Å². The van der Waals surface area contributed by atoms with E-state index in [2.05, 4.69) is 39.6 Å². The fourth-order valence-electron chi connectivity index (χ4n) is 3.16. The predicted octanol–water partition coefficient (Wildman–Crippen LogP) is 2.19. The molecule has 1 heterocycles. The molecule has 1 aliphatic heterocycles. The predicted molar refractivity (Wildman–Crippen MR) is 111 cm³/mol. The Labute approximate surface area is 166 Å². The van der Waals surface area contributed by atoms with Crippen molar-refractivity contribution < 1.29 is 9.59 Å². The lowest BCUT2D eigenvalue weighted by Gasteiger charge is -2.32. The molecule has 0 spiro atoms. The number of hydrogen-bond donors (Lipinski definition) is 2. The van der Waals surface area contributed by atoms with Gasteiger partial charge in [0.05, 0.1) is 0 Å². The van der Waals surface area contributed by atoms with Crippen LogP contribution in [0.5, 0.6) is 0 Å². The van der Waals surface area contributed by atoms with E-state index in [4.69, 9.17) is 0 Å². The van der Waals surface area contributed by atoms with Crippen molar-refractivity contribution in [2.24, 2.45) is 0 Å². The lowest BCUT2D eigenvalue weighted by molar-refractivity contribution is -0.116. The second-order valence-corrected chi connectivity index (χ2v) is 7.20. The Hall–Kier alpha value is -2.70. The molecule has 1 fully saturated rings. The van der Waals surface area contributed by atoms with E-state index >= 15 is 0 Å². The Bertz CT molecular complexity index is 769. The van der Waals surface area contributed by atoms with Gasteiger partial charge >= 0.3 is 0 Å². The van der Waals surface area contributed by atoms with Crippen LogP contribution in [-0.2, 0) is 11.3 Å². The standard InChI is InChI=1S/C22H28N4O2/c1-25-13-15-26(16-14-25)17-18-7-9-20(10-8-18)24-21(27)11-12-23-22(28)19-5-3-2-4-6-19/h2-10H,11-17H2,1H3,(H,23,28)(H,24,27). The van der Waals surface area contributed by atoms with Crippen molar-refractivity contribution in [1.82, 2.24) is 15.1 Å². The first-order valence-electron chi connectivity index (χ1n) is 9.73. The van der Waals surface area contributed by atoms with E-state index in [-0.39, 0.29) is 18.2 Å². The van der Waals surface area contributed by atoms with Crippen molar-refractivity contribution >= 4 is 17.5 Å². The van der Waals surface area contributed by atoms with Crippen LogP contribution < -0.4 is 10.6 Å². The van der Waals surface area contributed by atoms with E-state index < -0.39 is 0 Å². The maximum atomic E-state index is 12.1. The normalized spacial score (nSPS) is 15.2. The molecule has 0 radical (unpaired) electrons. The minimum Gasteiger partial charge on any atom is -0.352 e. The molecule has 0 aromatic heterocycles. The molecule has 148 valence electrons. The number of carbonyl (C=O) groups excluding carboxylic acids is 2. The largest absolute Gasteiger partial charge is 0.352 e. The molecule has 1 saturated heterocycles. The van der Waals surface area contributed by atoms with Gasteiger partial charge in [0.25, 0.3) is 5.91 Å². The van der Waals surface area contributed by atoms with Gasteiger partial charge in [0.15, 0.2) is 0 Å². The fraction of sp³-hybridized carbons (Fsp3) is 0.364. The highest BCUT2D eigenvalue weighted by molar-refractivity contribution is 5.95. The topological polar surface area (TPSA) is 64.7 Å². The van der Waals surface area contributed by atoms with Gasteiger partial charge in [-0.05, 0) is 36.9 Å². The summed E-state index contributed by atoms with van der Waals surface area (Å²) in [6.45, 7) is 5.63. The van der Waals surface area contributed by atoms with Crippen molar-refractivity contribution in [3.63, 3.8) is 0 Å². The number of anilines is 1. The van der Waals surface area contributed by atoms with E-state index in [9.17, 15) is 9.59 Å². The zero-order valence-corrected chi connectivity index (χ0v) is 16.4. The van der Waals surface area contributed by atoms with Gasteiger partial charge in [-0.15, -0.1) is 0 Å². The molecule has 28 heavy (non-hydrogen) atoms. The lowest BCUT2D eigenvalue weighted by Crippen LogP contribution is -2.43. The summed E-state index contributed by atoms with van der Waals surface area (Å²) in [7, 11) is 2.15. The van der Waals surface area contributed by atoms with Gasteiger partial charge in [0, 0.05) is 56.9 Å². The van der Waals surface area contributed by atoms with E-state index in [0.29, 0.717) is 12.1 Å². The summed E-state index contributed by atoms with van der Waals surface area (Å²) < 4.78 is 0. The molecule has 0 aliphatic carbocycles. The molecular formula is C22H28N4O2. The van der Waals surface area contributed by atoms with Crippen LogP contribution in [-0.4, -0.2) is 61.4 Å². The average molecular weight is 380 g/mol. The number of nitrogens with one attached hydrogen (secondary N) is 2. The Morgan fingerprint density at radius 2 is 1.61 bits per heavy atom. The van der Waals surface area contributed by atoms with Crippen molar-refractivity contribution in [3.05, 3.63) is 65.7 Å². The Balaban J connectivity index is 1.38. The van der Waals surface area contributed by atoms with Crippen molar-refractivity contribution in [2.45, 2.75) is 13.0 Å². The summed E-state index contributed by atoms with van der Waals surface area (Å²) in [5.74, 6) is -0.276. The zero-order chi connectivity index (χ0) is 19.8. The third-order valence-corrected chi connectivity index (χ3v) is 4.91. The molecule has 0 unspecified atom stereocenters. The molecule has 6 heteroatoms. The molecule has 2 N–H and O–H groups in total. The first-order chi connectivity index (χ1) is 13.6. The molecule has 2 amide bonds. The number of carbonyl (C=O) groups is 2. The molecule has 3 rings (SSSR count). The van der Waals surface area contributed by atoms with Gasteiger partial charge in [-0.3, -0.25) is 14.5 Å². The number of likely N-dealkylation sites (N-methyl/N-ethyl adjacent to an activating group) is 1. The average Bonchev–Trinajstić information content (AvgIpc) is 2.72. The SMILES string of the molecule is CN1CCN(Cc2ccc(NC(=O)CCNC(=O)c3ccccc3)cc2)CC1. The van der Waals surface area contributed by atoms with Gasteiger partial charge in [-0.2, -0.15) is 0 Å². The summed E-state index contributed by atoms with van der Waals surface area (Å²) in [6.07, 6.45) is 0.238. The lowest BCUT2D eigenvalue weighted by atomic mass is 10.1. The van der Waals surface area contributed by atoms with Crippen LogP contribution in [0.15, 0.2) is 54.6 Å². The van der Waals surface area contributed by atoms with Crippen LogP contribution in [0.2, 0.25) is 0 Å². The Morgan fingerprint density at radius 1 is 0.929 bits per heavy atom. The van der Waals surface area contributed by atoms with Crippen LogP contribution in [0.3, 0.4) is 0 Å². The van der Waals surface area contributed by atoms with Crippen molar-refractivity contribution in [2.75, 3.05) is 45.1 Å². The highest BCUT2D eigenvalue weighted by Crippen LogP contribution is 2.13. The summed E-state index contributed by atoms with van der Waals surface area (Å²) in [4.78, 5) is 28.8. The molecule has 1 aliphatic rings. The van der Waals surface area contributed by atoms with Gasteiger partial charge in [-0.1, -0.05) is 30.3 Å². The molecule has 2 aromatic carbocycles. The molecule has 0 atom stereocenters. The molecule has 0 bridgehead atoms. The first kappa shape index (κ1) is 20.0. The zero-order valence-electron chi connectivity index (χ0n) is 16.4. The maximum Gasteiger partial charge on any atom is 0.251 e. The van der Waals surface area contributed by atoms with Crippen LogP contribution in [0.1, 0.15) is 22.3 Å². The van der Waals surface area contributed by atoms with Crippen molar-refractivity contribution in [3.8, 4) is 0 Å². The maximum absolute atomic E-state index is 12.1. The summed E-state index contributed by atoms with van der Waals surface area (Å²) in [5, 5.41) is 5.65. The number of nitrogens with zero attached hydrogens (tertiary/aromatic N) is 2. The molecule has 2 aromatic rings.